The summed E-state index contributed by atoms with van der Waals surface area (Å²) < 4.78 is 0. The molecular formula is C12H22N4S2. The van der Waals surface area contributed by atoms with Crippen molar-refractivity contribution in [2.75, 3.05) is 42.6 Å². The smallest absolute Gasteiger partial charge is 0.191 e. The van der Waals surface area contributed by atoms with E-state index in [1.807, 2.05) is 31.1 Å². The lowest BCUT2D eigenvalue weighted by Gasteiger charge is -2.26. The molecule has 1 rings (SSSR count). The van der Waals surface area contributed by atoms with Gasteiger partial charge in [-0.3, -0.25) is 0 Å². The molecule has 0 radical (unpaired) electrons. The number of aromatic nitrogens is 2. The monoisotopic (exact) mass is 286 g/mol. The van der Waals surface area contributed by atoms with E-state index in [-0.39, 0.29) is 0 Å². The quantitative estimate of drug-likeness (QED) is 0.614. The normalized spacial score (nSPS) is 12.3. The van der Waals surface area contributed by atoms with Gasteiger partial charge in [0.15, 0.2) is 5.16 Å². The van der Waals surface area contributed by atoms with Crippen LogP contribution in [0.3, 0.4) is 0 Å². The van der Waals surface area contributed by atoms with Crippen LogP contribution in [0, 0.1) is 0 Å². The molecule has 0 saturated carbocycles. The fraction of sp³-hybridized carbons (Fsp3) is 0.667. The Kier molecular flexibility index (Phi) is 6.63. The average Bonchev–Trinajstić information content (AvgIpc) is 2.43. The predicted molar refractivity (Wildman–Crippen MR) is 84.2 cm³/mol. The third-order valence-electron chi connectivity index (χ3n) is 2.89. The van der Waals surface area contributed by atoms with E-state index in [1.54, 1.807) is 11.8 Å². The van der Waals surface area contributed by atoms with Crippen LogP contribution in [0.5, 0.6) is 0 Å². The van der Waals surface area contributed by atoms with Crippen LogP contribution in [0.15, 0.2) is 11.2 Å². The summed E-state index contributed by atoms with van der Waals surface area (Å²) in [5.41, 5.74) is 0. The third kappa shape index (κ3) is 4.24. The lowest BCUT2D eigenvalue weighted by Crippen LogP contribution is -2.30. The number of nitrogens with zero attached hydrogens (tertiary/aromatic N) is 3. The van der Waals surface area contributed by atoms with Gasteiger partial charge in [0.2, 0.25) is 0 Å². The second kappa shape index (κ2) is 7.74. The number of thioether (sulfide) groups is 2. The molecule has 4 nitrogen and oxygen atoms in total. The fourth-order valence-electron chi connectivity index (χ4n) is 1.52. The largest absolute Gasteiger partial charge is 0.373 e. The molecule has 0 aliphatic carbocycles. The van der Waals surface area contributed by atoms with Crippen LogP contribution in [0.1, 0.15) is 13.3 Å². The Hall–Kier alpha value is -0.620. The molecule has 0 amide bonds. The van der Waals surface area contributed by atoms with Crippen LogP contribution in [0.2, 0.25) is 0 Å². The highest BCUT2D eigenvalue weighted by atomic mass is 32.2. The van der Waals surface area contributed by atoms with Crippen LogP contribution in [0.25, 0.3) is 0 Å². The zero-order valence-electron chi connectivity index (χ0n) is 11.7. The van der Waals surface area contributed by atoms with Crippen molar-refractivity contribution in [2.24, 2.45) is 0 Å². The van der Waals surface area contributed by atoms with Crippen LogP contribution in [0.4, 0.5) is 11.6 Å². The second-order valence-corrected chi connectivity index (χ2v) is 5.85. The van der Waals surface area contributed by atoms with E-state index in [2.05, 4.69) is 40.4 Å². The predicted octanol–water partition coefficient (Wildman–Crippen LogP) is 2.82. The van der Waals surface area contributed by atoms with Gasteiger partial charge in [-0.1, -0.05) is 11.8 Å². The molecule has 0 aliphatic rings. The fourth-order valence-corrected chi connectivity index (χ4v) is 2.47. The molecule has 0 aliphatic heterocycles. The van der Waals surface area contributed by atoms with Gasteiger partial charge >= 0.3 is 0 Å². The molecule has 6 heteroatoms. The number of hydrogen-bond acceptors (Lipinski definition) is 6. The molecule has 1 atom stereocenters. The molecule has 0 aromatic carbocycles. The van der Waals surface area contributed by atoms with E-state index in [1.165, 1.54) is 5.75 Å². The van der Waals surface area contributed by atoms with E-state index in [0.717, 1.165) is 23.2 Å². The van der Waals surface area contributed by atoms with Crippen molar-refractivity contribution in [2.45, 2.75) is 24.5 Å². The van der Waals surface area contributed by atoms with E-state index in [0.29, 0.717) is 6.04 Å². The summed E-state index contributed by atoms with van der Waals surface area (Å²) in [6.07, 6.45) is 5.29. The van der Waals surface area contributed by atoms with Gasteiger partial charge in [-0.25, -0.2) is 9.97 Å². The Morgan fingerprint density at radius 3 is 2.67 bits per heavy atom. The standard InChI is InChI=1S/C12H22N4S2/c1-9(6-7-17-4)16(3)11-8-10(13-2)14-12(15-11)18-5/h8-9H,6-7H2,1-5H3,(H,13,14,15). The number of hydrogen-bond donors (Lipinski definition) is 1. The molecule has 1 aromatic rings. The summed E-state index contributed by atoms with van der Waals surface area (Å²) >= 11 is 3.45. The number of rotatable bonds is 7. The van der Waals surface area contributed by atoms with E-state index in [4.69, 9.17) is 0 Å². The van der Waals surface area contributed by atoms with Crippen molar-refractivity contribution >= 4 is 35.2 Å². The first-order chi connectivity index (χ1) is 8.62. The Balaban J connectivity index is 2.86. The highest BCUT2D eigenvalue weighted by molar-refractivity contribution is 7.98. The Morgan fingerprint density at radius 1 is 1.39 bits per heavy atom. The van der Waals surface area contributed by atoms with Gasteiger partial charge in [0.25, 0.3) is 0 Å². The lowest BCUT2D eigenvalue weighted by molar-refractivity contribution is 0.657. The van der Waals surface area contributed by atoms with Gasteiger partial charge in [-0.15, -0.1) is 0 Å². The van der Waals surface area contributed by atoms with Gasteiger partial charge in [0.1, 0.15) is 11.6 Å². The Morgan fingerprint density at radius 2 is 2.11 bits per heavy atom. The van der Waals surface area contributed by atoms with Crippen LogP contribution >= 0.6 is 23.5 Å². The zero-order chi connectivity index (χ0) is 13.5. The minimum Gasteiger partial charge on any atom is -0.373 e. The molecule has 18 heavy (non-hydrogen) atoms. The first-order valence-corrected chi connectivity index (χ1v) is 8.56. The topological polar surface area (TPSA) is 41.0 Å². The average molecular weight is 286 g/mol. The minimum atomic E-state index is 0.478. The van der Waals surface area contributed by atoms with Crippen molar-refractivity contribution in [3.8, 4) is 0 Å². The summed E-state index contributed by atoms with van der Waals surface area (Å²) in [6, 6.07) is 2.47. The number of nitrogens with one attached hydrogen (secondary N) is 1. The van der Waals surface area contributed by atoms with Crippen LogP contribution in [-0.4, -0.2) is 48.4 Å². The summed E-state index contributed by atoms with van der Waals surface area (Å²) in [7, 11) is 3.98. The minimum absolute atomic E-state index is 0.478. The molecule has 1 unspecified atom stereocenters. The third-order valence-corrected chi connectivity index (χ3v) is 4.08. The van der Waals surface area contributed by atoms with E-state index >= 15 is 0 Å². The molecule has 102 valence electrons. The van der Waals surface area contributed by atoms with Gasteiger partial charge in [-0.2, -0.15) is 11.8 Å². The Labute approximate surface area is 118 Å². The molecule has 0 spiro atoms. The molecular weight excluding hydrogens is 264 g/mol. The molecule has 0 bridgehead atoms. The van der Waals surface area contributed by atoms with E-state index < -0.39 is 0 Å². The van der Waals surface area contributed by atoms with Gasteiger partial charge < -0.3 is 10.2 Å². The maximum atomic E-state index is 4.56. The molecule has 0 saturated heterocycles. The van der Waals surface area contributed by atoms with Crippen LogP contribution < -0.4 is 10.2 Å². The molecule has 1 heterocycles. The van der Waals surface area contributed by atoms with Crippen molar-refractivity contribution in [1.29, 1.82) is 0 Å². The molecule has 0 fully saturated rings. The highest BCUT2D eigenvalue weighted by Gasteiger charge is 2.13. The Bertz CT molecular complexity index is 351. The summed E-state index contributed by atoms with van der Waals surface area (Å²) in [6.45, 7) is 2.23. The van der Waals surface area contributed by atoms with Gasteiger partial charge in [-0.05, 0) is 31.6 Å². The van der Waals surface area contributed by atoms with E-state index in [9.17, 15) is 0 Å². The summed E-state index contributed by atoms with van der Waals surface area (Å²) in [5.74, 6) is 3.02. The zero-order valence-corrected chi connectivity index (χ0v) is 13.4. The molecule has 1 aromatic heterocycles. The van der Waals surface area contributed by atoms with Crippen molar-refractivity contribution in [1.82, 2.24) is 9.97 Å². The maximum Gasteiger partial charge on any atom is 0.191 e. The SMILES string of the molecule is CNc1cc(N(C)C(C)CCSC)nc(SC)n1. The molecule has 1 N–H and O–H groups in total. The maximum absolute atomic E-state index is 4.56. The second-order valence-electron chi connectivity index (χ2n) is 4.09. The first-order valence-electron chi connectivity index (χ1n) is 5.95. The van der Waals surface area contributed by atoms with Crippen molar-refractivity contribution in [3.63, 3.8) is 0 Å². The van der Waals surface area contributed by atoms with Gasteiger partial charge in [0.05, 0.1) is 0 Å². The highest BCUT2D eigenvalue weighted by Crippen LogP contribution is 2.21. The first kappa shape index (κ1) is 15.4. The summed E-state index contributed by atoms with van der Waals surface area (Å²) in [5, 5.41) is 3.89. The number of anilines is 2. The van der Waals surface area contributed by atoms with Crippen molar-refractivity contribution in [3.05, 3.63) is 6.07 Å². The van der Waals surface area contributed by atoms with Crippen molar-refractivity contribution < 1.29 is 0 Å². The summed E-state index contributed by atoms with van der Waals surface area (Å²) in [4.78, 5) is 11.2. The lowest BCUT2D eigenvalue weighted by atomic mass is 10.2. The van der Waals surface area contributed by atoms with Gasteiger partial charge in [0, 0.05) is 26.2 Å². The van der Waals surface area contributed by atoms with Crippen LogP contribution in [-0.2, 0) is 0 Å².